The number of para-hydroxylation sites is 1. The van der Waals surface area contributed by atoms with E-state index in [4.69, 9.17) is 4.74 Å². The molecule has 2 aromatic carbocycles. The van der Waals surface area contributed by atoms with Crippen LogP contribution in [0.5, 0.6) is 0 Å². The van der Waals surface area contributed by atoms with Gasteiger partial charge in [0.2, 0.25) is 5.96 Å². The maximum Gasteiger partial charge on any atom is 0.423 e. The van der Waals surface area contributed by atoms with Crippen LogP contribution in [0.3, 0.4) is 0 Å². The van der Waals surface area contributed by atoms with Crippen LogP contribution in [0.4, 0.5) is 15.6 Å². The van der Waals surface area contributed by atoms with Crippen molar-refractivity contribution in [3.8, 4) is 0 Å². The van der Waals surface area contributed by atoms with Crippen LogP contribution in [0.2, 0.25) is 0 Å². The molecule has 2 fully saturated rings. The number of amides is 2. The first-order valence-electron chi connectivity index (χ1n) is 11.2. The van der Waals surface area contributed by atoms with Gasteiger partial charge in [-0.3, -0.25) is 4.79 Å². The number of rotatable bonds is 6. The summed E-state index contributed by atoms with van der Waals surface area (Å²) in [6.45, 7) is 3.41. The van der Waals surface area contributed by atoms with Gasteiger partial charge < -0.3 is 15.0 Å². The molecule has 0 bridgehead atoms. The highest BCUT2D eigenvalue weighted by molar-refractivity contribution is 7.22. The first-order valence-corrected chi connectivity index (χ1v) is 12.0. The van der Waals surface area contributed by atoms with Crippen molar-refractivity contribution in [1.29, 1.82) is 0 Å². The molecule has 0 saturated carbocycles. The summed E-state index contributed by atoms with van der Waals surface area (Å²) in [5, 5.41) is 4.31. The minimum Gasteiger partial charge on any atom is -0.449 e. The van der Waals surface area contributed by atoms with Gasteiger partial charge in [-0.15, -0.1) is 0 Å². The third kappa shape index (κ3) is 4.28. The van der Waals surface area contributed by atoms with Gasteiger partial charge in [0.05, 0.1) is 22.5 Å². The Hall–Kier alpha value is -3.46. The van der Waals surface area contributed by atoms with Crippen molar-refractivity contribution in [3.05, 3.63) is 54.1 Å². The lowest BCUT2D eigenvalue weighted by Gasteiger charge is -2.18. The lowest BCUT2D eigenvalue weighted by atomic mass is 10.1. The van der Waals surface area contributed by atoms with Gasteiger partial charge in [-0.2, -0.15) is 4.90 Å². The first-order chi connectivity index (χ1) is 16.1. The van der Waals surface area contributed by atoms with Gasteiger partial charge in [-0.25, -0.2) is 14.8 Å². The van der Waals surface area contributed by atoms with Crippen LogP contribution < -0.4 is 5.32 Å². The van der Waals surface area contributed by atoms with Crippen molar-refractivity contribution in [3.63, 3.8) is 0 Å². The van der Waals surface area contributed by atoms with Crippen LogP contribution in [0.25, 0.3) is 10.2 Å². The normalized spacial score (nSPS) is 18.9. The van der Waals surface area contributed by atoms with Gasteiger partial charge >= 0.3 is 6.09 Å². The van der Waals surface area contributed by atoms with Crippen LogP contribution in [0.15, 0.2) is 53.5 Å². The number of guanidine groups is 1. The summed E-state index contributed by atoms with van der Waals surface area (Å²) in [6, 6.07) is 15.7. The molecule has 2 aliphatic rings. The van der Waals surface area contributed by atoms with Crippen molar-refractivity contribution < 1.29 is 14.3 Å². The summed E-state index contributed by atoms with van der Waals surface area (Å²) in [5.74, 6) is 0.119. The number of nitrogens with one attached hydrogen (secondary N) is 1. The fourth-order valence-corrected chi connectivity index (χ4v) is 5.12. The highest BCUT2D eigenvalue weighted by Gasteiger charge is 2.49. The van der Waals surface area contributed by atoms with E-state index < -0.39 is 6.09 Å². The predicted molar refractivity (Wildman–Crippen MR) is 129 cm³/mol. The van der Waals surface area contributed by atoms with Gasteiger partial charge in [0.1, 0.15) is 6.04 Å². The van der Waals surface area contributed by atoms with E-state index in [0.717, 1.165) is 46.9 Å². The third-order valence-electron chi connectivity index (χ3n) is 5.81. The maximum absolute atomic E-state index is 12.7. The molecule has 3 heterocycles. The zero-order valence-electron chi connectivity index (χ0n) is 18.4. The molecule has 1 aromatic heterocycles. The molecular formula is C24H25N5O3S. The Bertz CT molecular complexity index is 1170. The fourth-order valence-electron chi connectivity index (χ4n) is 4.23. The van der Waals surface area contributed by atoms with Crippen LogP contribution in [0, 0.1) is 0 Å². The molecule has 3 aromatic rings. The summed E-state index contributed by atoms with van der Waals surface area (Å²) in [7, 11) is 0. The molecule has 0 aliphatic carbocycles. The number of aromatic nitrogens is 1. The highest BCUT2D eigenvalue weighted by Crippen LogP contribution is 2.30. The fraction of sp³-hybridized carbons (Fsp3) is 0.333. The van der Waals surface area contributed by atoms with Crippen LogP contribution in [-0.4, -0.2) is 58.5 Å². The largest absolute Gasteiger partial charge is 0.449 e. The molecule has 2 aliphatic heterocycles. The van der Waals surface area contributed by atoms with Gasteiger partial charge in [-0.1, -0.05) is 35.6 Å². The van der Waals surface area contributed by atoms with Crippen molar-refractivity contribution in [2.75, 3.05) is 25.0 Å². The number of benzene rings is 2. The number of thiazole rings is 1. The Morgan fingerprint density at radius 3 is 2.85 bits per heavy atom. The van der Waals surface area contributed by atoms with Crippen molar-refractivity contribution in [1.82, 2.24) is 14.8 Å². The number of fused-ring (bicyclic) bond motifs is 2. The summed E-state index contributed by atoms with van der Waals surface area (Å²) in [6.07, 6.45) is 1.82. The minimum absolute atomic E-state index is 0.209. The molecule has 170 valence electrons. The molecule has 1 atom stereocenters. The predicted octanol–water partition coefficient (Wildman–Crippen LogP) is 4.40. The van der Waals surface area contributed by atoms with Gasteiger partial charge in [-0.05, 0) is 56.0 Å². The first kappa shape index (κ1) is 21.4. The number of hydrogen-bond donors (Lipinski definition) is 1. The number of hydrogen-bond acceptors (Lipinski definition) is 7. The number of anilines is 1. The molecular weight excluding hydrogens is 438 g/mol. The van der Waals surface area contributed by atoms with E-state index in [1.54, 1.807) is 18.3 Å². The van der Waals surface area contributed by atoms with E-state index in [0.29, 0.717) is 18.2 Å². The molecule has 2 saturated heterocycles. The molecule has 0 unspecified atom stereocenters. The van der Waals surface area contributed by atoms with E-state index in [2.05, 4.69) is 21.4 Å². The number of ether oxygens (including phenoxy) is 1. The lowest BCUT2D eigenvalue weighted by molar-refractivity contribution is -0.126. The van der Waals surface area contributed by atoms with E-state index in [1.807, 2.05) is 47.4 Å². The zero-order chi connectivity index (χ0) is 22.8. The summed E-state index contributed by atoms with van der Waals surface area (Å²) in [5.41, 5.74) is 2.87. The number of nitrogens with zero attached hydrogens (tertiary/aromatic N) is 4. The van der Waals surface area contributed by atoms with E-state index in [1.165, 1.54) is 4.70 Å². The lowest BCUT2D eigenvalue weighted by Crippen LogP contribution is -2.40. The highest BCUT2D eigenvalue weighted by atomic mass is 32.1. The second kappa shape index (κ2) is 9.19. The van der Waals surface area contributed by atoms with Crippen LogP contribution in [0.1, 0.15) is 25.3 Å². The molecule has 8 nitrogen and oxygen atoms in total. The Labute approximate surface area is 195 Å². The second-order valence-electron chi connectivity index (χ2n) is 7.97. The Morgan fingerprint density at radius 1 is 1.24 bits per heavy atom. The average molecular weight is 464 g/mol. The van der Waals surface area contributed by atoms with Crippen molar-refractivity contribution in [2.24, 2.45) is 4.99 Å². The van der Waals surface area contributed by atoms with Gasteiger partial charge in [0.15, 0.2) is 5.13 Å². The monoisotopic (exact) mass is 463 g/mol. The Morgan fingerprint density at radius 2 is 2.06 bits per heavy atom. The molecule has 2 amide bonds. The topological polar surface area (TPSA) is 87.1 Å². The number of carbonyl (C=O) groups excluding carboxylic acids is 2. The molecule has 5 rings (SSSR count). The quantitative estimate of drug-likeness (QED) is 0.583. The molecule has 9 heteroatoms. The summed E-state index contributed by atoms with van der Waals surface area (Å²) in [4.78, 5) is 37.4. The number of aliphatic imine (C=N–C) groups is 1. The van der Waals surface area contributed by atoms with Crippen molar-refractivity contribution >= 4 is 50.3 Å². The standard InChI is InChI=1S/C24H25N5O3S/c1-2-32-24(31)29-21(30)19-7-5-15-28(19)23(29)26-17-11-9-16(10-12-17)13-14-25-22-27-18-6-3-4-8-20(18)33-22/h3-4,6,8-12,19H,2,5,7,13-15H2,1H3,(H,25,27)/t19-/m0/s1. The molecule has 33 heavy (non-hydrogen) atoms. The molecule has 0 spiro atoms. The van der Waals surface area contributed by atoms with E-state index >= 15 is 0 Å². The SMILES string of the molecule is CCOC(=O)N1C(=O)[C@@H]2CCCN2C1=Nc1ccc(CCNc2nc3ccccc3s2)cc1. The summed E-state index contributed by atoms with van der Waals surface area (Å²) < 4.78 is 6.27. The van der Waals surface area contributed by atoms with Crippen molar-refractivity contribution in [2.45, 2.75) is 32.2 Å². The molecule has 1 N–H and O–H groups in total. The van der Waals surface area contributed by atoms with Crippen LogP contribution >= 0.6 is 11.3 Å². The number of carbonyl (C=O) groups is 2. The average Bonchev–Trinajstić information content (AvgIpc) is 3.51. The van der Waals surface area contributed by atoms with Gasteiger partial charge in [0, 0.05) is 13.1 Å². The zero-order valence-corrected chi connectivity index (χ0v) is 19.2. The Balaban J connectivity index is 1.26. The van der Waals surface area contributed by atoms with E-state index in [-0.39, 0.29) is 18.6 Å². The van der Waals surface area contributed by atoms with Crippen LogP contribution in [-0.2, 0) is 16.0 Å². The smallest absolute Gasteiger partial charge is 0.423 e. The number of imide groups is 1. The second-order valence-corrected chi connectivity index (χ2v) is 9.00. The summed E-state index contributed by atoms with van der Waals surface area (Å²) >= 11 is 1.65. The minimum atomic E-state index is -0.659. The Kier molecular flexibility index (Phi) is 5.95. The van der Waals surface area contributed by atoms with Gasteiger partial charge in [0.25, 0.3) is 5.91 Å². The molecule has 0 radical (unpaired) electrons. The maximum atomic E-state index is 12.7. The third-order valence-corrected chi connectivity index (χ3v) is 6.81. The van der Waals surface area contributed by atoms with E-state index in [9.17, 15) is 9.59 Å².